The summed E-state index contributed by atoms with van der Waals surface area (Å²) in [5, 5.41) is 3.11. The first-order chi connectivity index (χ1) is 14.9. The molecule has 2 amide bonds. The largest absolute Gasteiger partial charge is 0.383 e. The van der Waals surface area contributed by atoms with Crippen LogP contribution in [-0.4, -0.2) is 53.4 Å². The van der Waals surface area contributed by atoms with Crippen LogP contribution in [0.2, 0.25) is 0 Å². The molecule has 7 nitrogen and oxygen atoms in total. The summed E-state index contributed by atoms with van der Waals surface area (Å²) in [7, 11) is 3.35. The molecule has 0 radical (unpaired) electrons. The van der Waals surface area contributed by atoms with Crippen LogP contribution >= 0.6 is 0 Å². The van der Waals surface area contributed by atoms with E-state index >= 15 is 0 Å². The Morgan fingerprint density at radius 1 is 1.19 bits per heavy atom. The summed E-state index contributed by atoms with van der Waals surface area (Å²) in [5.74, 6) is 3.08. The molecule has 6 rings (SSSR count). The van der Waals surface area contributed by atoms with Crippen LogP contribution < -0.4 is 5.32 Å². The van der Waals surface area contributed by atoms with E-state index in [0.29, 0.717) is 36.7 Å². The number of carbonyl (C=O) groups is 2. The first kappa shape index (κ1) is 20.5. The number of pyridine rings is 1. The van der Waals surface area contributed by atoms with Crippen LogP contribution in [0, 0.1) is 23.2 Å². The number of hydrogen-bond acceptors (Lipinski definition) is 4. The normalized spacial score (nSPS) is 28.8. The predicted octanol–water partition coefficient (Wildman–Crippen LogP) is 3.60. The molecule has 4 fully saturated rings. The predicted molar refractivity (Wildman–Crippen MR) is 118 cm³/mol. The fourth-order valence-electron chi connectivity index (χ4n) is 6.78. The summed E-state index contributed by atoms with van der Waals surface area (Å²) in [6.07, 6.45) is 10.1. The highest BCUT2D eigenvalue weighted by Gasteiger charge is 2.51. The zero-order valence-electron chi connectivity index (χ0n) is 18.5. The fraction of sp³-hybridized carbons (Fsp3) is 0.625. The van der Waals surface area contributed by atoms with E-state index in [0.717, 1.165) is 17.8 Å². The minimum Gasteiger partial charge on any atom is -0.383 e. The van der Waals surface area contributed by atoms with Gasteiger partial charge in [0.25, 0.3) is 5.91 Å². The lowest BCUT2D eigenvalue weighted by molar-refractivity contribution is -0.124. The number of nitrogens with one attached hydrogen (secondary N) is 1. The highest BCUT2D eigenvalue weighted by Crippen LogP contribution is 2.61. The van der Waals surface area contributed by atoms with Crippen molar-refractivity contribution < 1.29 is 14.3 Å². The summed E-state index contributed by atoms with van der Waals surface area (Å²) in [6.45, 7) is 0.971. The molecule has 4 aliphatic rings. The number of carbonyl (C=O) groups excluding carboxylic acids is 2. The second-order valence-electron chi connectivity index (χ2n) is 10.1. The number of fused-ring (bicyclic) bond motifs is 1. The maximum atomic E-state index is 13.1. The highest BCUT2D eigenvalue weighted by atomic mass is 16.5. The lowest BCUT2D eigenvalue weighted by Gasteiger charge is -2.56. The van der Waals surface area contributed by atoms with Gasteiger partial charge in [-0.25, -0.2) is 4.98 Å². The molecule has 0 aliphatic heterocycles. The molecule has 2 heterocycles. The maximum absolute atomic E-state index is 13.1. The van der Waals surface area contributed by atoms with Crippen LogP contribution in [0.4, 0.5) is 5.82 Å². The monoisotopic (exact) mass is 424 g/mol. The number of rotatable bonds is 7. The number of anilines is 1. The molecule has 1 N–H and O–H groups in total. The summed E-state index contributed by atoms with van der Waals surface area (Å²) >= 11 is 0. The van der Waals surface area contributed by atoms with Crippen LogP contribution in [0.5, 0.6) is 0 Å². The molecule has 4 bridgehead atoms. The molecule has 0 aromatic carbocycles. The van der Waals surface area contributed by atoms with Crippen LogP contribution in [0.15, 0.2) is 24.4 Å². The molecule has 2 aromatic heterocycles. The maximum Gasteiger partial charge on any atom is 0.273 e. The van der Waals surface area contributed by atoms with E-state index in [9.17, 15) is 9.59 Å². The molecule has 0 unspecified atom stereocenters. The number of aromatic nitrogens is 2. The highest BCUT2D eigenvalue weighted by molar-refractivity contribution is 5.94. The van der Waals surface area contributed by atoms with Crippen LogP contribution in [0.1, 0.15) is 55.4 Å². The van der Waals surface area contributed by atoms with Gasteiger partial charge in [-0.05, 0) is 73.8 Å². The van der Waals surface area contributed by atoms with Gasteiger partial charge in [0.05, 0.1) is 6.61 Å². The SMILES string of the molecule is COCCN(C)C(=O)c1cn2c(NC(=O)CC34CC5CC(CC(C5)C3)C4)cccc2n1. The molecule has 0 spiro atoms. The van der Waals surface area contributed by atoms with Gasteiger partial charge in [0, 0.05) is 33.3 Å². The molecule has 166 valence electrons. The van der Waals surface area contributed by atoms with Gasteiger partial charge in [-0.3, -0.25) is 14.0 Å². The van der Waals surface area contributed by atoms with E-state index < -0.39 is 0 Å². The second kappa shape index (κ2) is 7.93. The van der Waals surface area contributed by atoms with Gasteiger partial charge in [0.15, 0.2) is 0 Å². The minimum absolute atomic E-state index is 0.0771. The average Bonchev–Trinajstić information content (AvgIpc) is 3.15. The molecular formula is C24H32N4O3. The van der Waals surface area contributed by atoms with Gasteiger partial charge in [-0.1, -0.05) is 6.07 Å². The third-order valence-corrected chi connectivity index (χ3v) is 7.66. The summed E-state index contributed by atoms with van der Waals surface area (Å²) in [5.41, 5.74) is 1.21. The fourth-order valence-corrected chi connectivity index (χ4v) is 6.78. The number of imidazole rings is 1. The summed E-state index contributed by atoms with van der Waals surface area (Å²) in [6, 6.07) is 5.58. The first-order valence-corrected chi connectivity index (χ1v) is 11.5. The van der Waals surface area contributed by atoms with Gasteiger partial charge in [-0.2, -0.15) is 0 Å². The molecule has 0 atom stereocenters. The molecule has 4 saturated carbocycles. The Labute approximate surface area is 183 Å². The number of nitrogens with zero attached hydrogens (tertiary/aromatic N) is 3. The zero-order valence-corrected chi connectivity index (χ0v) is 18.5. The van der Waals surface area contributed by atoms with E-state index in [2.05, 4.69) is 10.3 Å². The topological polar surface area (TPSA) is 75.9 Å². The Kier molecular flexibility index (Phi) is 5.24. The van der Waals surface area contributed by atoms with E-state index in [1.165, 1.54) is 38.5 Å². The van der Waals surface area contributed by atoms with Gasteiger partial charge in [-0.15, -0.1) is 0 Å². The third-order valence-electron chi connectivity index (χ3n) is 7.66. The van der Waals surface area contributed by atoms with Crippen molar-refractivity contribution in [2.24, 2.45) is 23.2 Å². The lowest BCUT2D eigenvalue weighted by atomic mass is 9.49. The molecule has 0 saturated heterocycles. The van der Waals surface area contributed by atoms with Crippen molar-refractivity contribution in [3.63, 3.8) is 0 Å². The zero-order chi connectivity index (χ0) is 21.6. The number of methoxy groups -OCH3 is 1. The quantitative estimate of drug-likeness (QED) is 0.737. The van der Waals surface area contributed by atoms with Crippen molar-refractivity contribution in [3.8, 4) is 0 Å². The van der Waals surface area contributed by atoms with E-state index in [-0.39, 0.29) is 17.2 Å². The van der Waals surface area contributed by atoms with Crippen molar-refractivity contribution in [2.75, 3.05) is 32.6 Å². The number of hydrogen-bond donors (Lipinski definition) is 1. The minimum atomic E-state index is -0.161. The van der Waals surface area contributed by atoms with Crippen molar-refractivity contribution >= 4 is 23.3 Å². The molecule has 4 aliphatic carbocycles. The molecular weight excluding hydrogens is 392 g/mol. The van der Waals surface area contributed by atoms with Crippen LogP contribution in [0.25, 0.3) is 5.65 Å². The van der Waals surface area contributed by atoms with Crippen molar-refractivity contribution in [1.29, 1.82) is 0 Å². The van der Waals surface area contributed by atoms with Crippen LogP contribution in [-0.2, 0) is 9.53 Å². The Bertz CT molecular complexity index is 963. The Balaban J connectivity index is 1.31. The van der Waals surface area contributed by atoms with Crippen LogP contribution in [0.3, 0.4) is 0 Å². The third kappa shape index (κ3) is 3.95. The Morgan fingerprint density at radius 2 is 1.87 bits per heavy atom. The standard InChI is InChI=1S/C24H32N4O3/c1-27(6-7-31-2)23(30)19-15-28-20(25-19)4-3-5-21(28)26-22(29)14-24-11-16-8-17(12-24)10-18(9-16)13-24/h3-5,15-18H,6-14H2,1-2H3,(H,26,29). The van der Waals surface area contributed by atoms with Crippen molar-refractivity contribution in [2.45, 2.75) is 44.9 Å². The van der Waals surface area contributed by atoms with E-state index in [1.54, 1.807) is 29.7 Å². The lowest BCUT2D eigenvalue weighted by Crippen LogP contribution is -2.47. The molecule has 2 aromatic rings. The Morgan fingerprint density at radius 3 is 2.52 bits per heavy atom. The van der Waals surface area contributed by atoms with Crippen molar-refractivity contribution in [1.82, 2.24) is 14.3 Å². The average molecular weight is 425 g/mol. The van der Waals surface area contributed by atoms with Gasteiger partial charge < -0.3 is 15.0 Å². The van der Waals surface area contributed by atoms with E-state index in [4.69, 9.17) is 4.74 Å². The molecule has 7 heteroatoms. The van der Waals surface area contributed by atoms with Gasteiger partial charge in [0.1, 0.15) is 17.2 Å². The van der Waals surface area contributed by atoms with Gasteiger partial charge in [0.2, 0.25) is 5.91 Å². The number of amides is 2. The summed E-state index contributed by atoms with van der Waals surface area (Å²) < 4.78 is 6.85. The second-order valence-corrected chi connectivity index (χ2v) is 10.1. The smallest absolute Gasteiger partial charge is 0.273 e. The van der Waals surface area contributed by atoms with Crippen molar-refractivity contribution in [3.05, 3.63) is 30.1 Å². The first-order valence-electron chi connectivity index (χ1n) is 11.5. The molecule has 31 heavy (non-hydrogen) atoms. The number of likely N-dealkylation sites (N-methyl/N-ethyl adjacent to an activating group) is 1. The van der Waals surface area contributed by atoms with Gasteiger partial charge >= 0.3 is 0 Å². The summed E-state index contributed by atoms with van der Waals surface area (Å²) in [4.78, 5) is 31.8. The van der Waals surface area contributed by atoms with E-state index in [1.807, 2.05) is 18.2 Å². The number of ether oxygens (including phenoxy) is 1. The Hall–Kier alpha value is -2.41.